The molecule has 0 saturated carbocycles. The van der Waals surface area contributed by atoms with Gasteiger partial charge in [-0.3, -0.25) is 14.8 Å². The van der Waals surface area contributed by atoms with Crippen molar-refractivity contribution in [3.63, 3.8) is 0 Å². The molecule has 28 heavy (non-hydrogen) atoms. The topological polar surface area (TPSA) is 58.2 Å². The van der Waals surface area contributed by atoms with E-state index in [1.807, 2.05) is 53.4 Å². The van der Waals surface area contributed by atoms with Gasteiger partial charge in [-0.05, 0) is 30.3 Å². The molecule has 2 heterocycles. The maximum Gasteiger partial charge on any atom is 0.277 e. The van der Waals surface area contributed by atoms with E-state index in [0.29, 0.717) is 5.69 Å². The maximum atomic E-state index is 13.4. The largest absolute Gasteiger partial charge is 0.496 e. The minimum Gasteiger partial charge on any atom is -0.496 e. The van der Waals surface area contributed by atoms with Crippen molar-refractivity contribution in [2.45, 2.75) is 32.2 Å². The number of hydrogen-bond donors (Lipinski definition) is 1. The average Bonchev–Trinajstić information content (AvgIpc) is 3.22. The van der Waals surface area contributed by atoms with Gasteiger partial charge in [0.05, 0.1) is 18.8 Å². The van der Waals surface area contributed by atoms with Gasteiger partial charge in [-0.1, -0.05) is 54.9 Å². The quantitative estimate of drug-likeness (QED) is 0.607. The van der Waals surface area contributed by atoms with Gasteiger partial charge >= 0.3 is 0 Å². The molecule has 0 aliphatic carbocycles. The Morgan fingerprint density at radius 1 is 1.11 bits per heavy atom. The Hall–Kier alpha value is -2.60. The smallest absolute Gasteiger partial charge is 0.277 e. The summed E-state index contributed by atoms with van der Waals surface area (Å²) in [5, 5.41) is 7.51. The first-order valence-corrected chi connectivity index (χ1v) is 9.93. The van der Waals surface area contributed by atoms with Gasteiger partial charge in [0.1, 0.15) is 11.4 Å². The Balaban J connectivity index is 1.98. The van der Waals surface area contributed by atoms with E-state index in [2.05, 4.69) is 46.9 Å². The lowest BCUT2D eigenvalue weighted by Crippen LogP contribution is -2.30. The third-order valence-corrected chi connectivity index (χ3v) is 5.55. The molecular formula is C22H22BrN3O2. The molecule has 0 saturated heterocycles. The Labute approximate surface area is 172 Å². The van der Waals surface area contributed by atoms with Crippen LogP contribution >= 0.6 is 15.9 Å². The highest BCUT2D eigenvalue weighted by molar-refractivity contribution is 9.10. The first-order valence-electron chi connectivity index (χ1n) is 9.13. The zero-order valence-corrected chi connectivity index (χ0v) is 17.9. The summed E-state index contributed by atoms with van der Waals surface area (Å²) in [6.45, 7) is 6.32. The van der Waals surface area contributed by atoms with Crippen molar-refractivity contribution < 1.29 is 9.53 Å². The molecule has 0 fully saturated rings. The van der Waals surface area contributed by atoms with Crippen LogP contribution in [-0.4, -0.2) is 23.2 Å². The fourth-order valence-electron chi connectivity index (χ4n) is 3.77. The van der Waals surface area contributed by atoms with Gasteiger partial charge in [-0.25, -0.2) is 0 Å². The van der Waals surface area contributed by atoms with Crippen LogP contribution in [0.1, 0.15) is 54.1 Å². The first kappa shape index (κ1) is 18.7. The van der Waals surface area contributed by atoms with Gasteiger partial charge < -0.3 is 4.74 Å². The van der Waals surface area contributed by atoms with Gasteiger partial charge in [0.2, 0.25) is 0 Å². The van der Waals surface area contributed by atoms with Crippen LogP contribution in [0.2, 0.25) is 0 Å². The summed E-state index contributed by atoms with van der Waals surface area (Å²) in [5.41, 5.74) is 3.92. The molecular weight excluding hydrogens is 418 g/mol. The van der Waals surface area contributed by atoms with E-state index in [4.69, 9.17) is 4.74 Å². The molecule has 1 aromatic heterocycles. The summed E-state index contributed by atoms with van der Waals surface area (Å²) in [4.78, 5) is 15.2. The van der Waals surface area contributed by atoms with Crippen LogP contribution in [0, 0.1) is 0 Å². The number of para-hydroxylation sites is 1. The number of hydrogen-bond acceptors (Lipinski definition) is 3. The number of H-pyrrole nitrogens is 1. The minimum absolute atomic E-state index is 0.0868. The summed E-state index contributed by atoms with van der Waals surface area (Å²) < 4.78 is 6.60. The number of halogens is 1. The van der Waals surface area contributed by atoms with E-state index in [-0.39, 0.29) is 17.4 Å². The fraction of sp³-hybridized carbons (Fsp3) is 0.273. The number of methoxy groups -OCH3 is 1. The van der Waals surface area contributed by atoms with E-state index in [1.54, 1.807) is 7.11 Å². The number of fused-ring (bicyclic) bond motifs is 1. The number of rotatable bonds is 3. The molecule has 1 amide bonds. The molecule has 1 unspecified atom stereocenters. The maximum absolute atomic E-state index is 13.4. The lowest BCUT2D eigenvalue weighted by atomic mass is 9.85. The Bertz CT molecular complexity index is 1030. The van der Waals surface area contributed by atoms with Crippen molar-refractivity contribution in [3.05, 3.63) is 75.5 Å². The molecule has 3 aromatic rings. The molecule has 1 aliphatic rings. The second-order valence-electron chi connectivity index (χ2n) is 7.91. The molecule has 1 aliphatic heterocycles. The predicted octanol–water partition coefficient (Wildman–Crippen LogP) is 5.23. The Morgan fingerprint density at radius 2 is 1.79 bits per heavy atom. The third-order valence-electron chi connectivity index (χ3n) is 5.02. The van der Waals surface area contributed by atoms with Crippen LogP contribution in [0.5, 0.6) is 5.75 Å². The predicted molar refractivity (Wildman–Crippen MR) is 113 cm³/mol. The number of carbonyl (C=O) groups is 1. The van der Waals surface area contributed by atoms with Crippen molar-refractivity contribution >= 4 is 27.5 Å². The number of benzene rings is 2. The van der Waals surface area contributed by atoms with Gasteiger partial charge in [-0.15, -0.1) is 0 Å². The Kier molecular flexibility index (Phi) is 4.54. The minimum atomic E-state index is -0.312. The highest BCUT2D eigenvalue weighted by atomic mass is 79.9. The number of aromatic amines is 1. The van der Waals surface area contributed by atoms with Crippen molar-refractivity contribution in [1.29, 1.82) is 0 Å². The van der Waals surface area contributed by atoms with Crippen molar-refractivity contribution in [2.24, 2.45) is 0 Å². The lowest BCUT2D eigenvalue weighted by Gasteiger charge is -2.29. The summed E-state index contributed by atoms with van der Waals surface area (Å²) >= 11 is 3.47. The molecule has 0 spiro atoms. The van der Waals surface area contributed by atoms with Crippen LogP contribution in [0.15, 0.2) is 53.0 Å². The van der Waals surface area contributed by atoms with Crippen molar-refractivity contribution in [1.82, 2.24) is 10.2 Å². The van der Waals surface area contributed by atoms with E-state index in [9.17, 15) is 4.79 Å². The monoisotopic (exact) mass is 439 g/mol. The number of ether oxygens (including phenoxy) is 1. The Morgan fingerprint density at radius 3 is 2.43 bits per heavy atom. The lowest BCUT2D eigenvalue weighted by molar-refractivity contribution is 0.0988. The molecule has 0 radical (unpaired) electrons. The number of aromatic nitrogens is 2. The van der Waals surface area contributed by atoms with Crippen LogP contribution in [0.4, 0.5) is 5.69 Å². The average molecular weight is 440 g/mol. The molecule has 1 N–H and O–H groups in total. The highest BCUT2D eigenvalue weighted by Gasteiger charge is 2.45. The van der Waals surface area contributed by atoms with Crippen molar-refractivity contribution in [3.8, 4) is 5.75 Å². The highest BCUT2D eigenvalue weighted by Crippen LogP contribution is 2.47. The second kappa shape index (κ2) is 6.78. The van der Waals surface area contributed by atoms with Crippen LogP contribution in [0.3, 0.4) is 0 Å². The zero-order valence-electron chi connectivity index (χ0n) is 16.3. The SMILES string of the molecule is COc1ccccc1C1c2c(C(C)(C)C)n[nH]c2C(=O)N1c1ccc(Br)cc1. The molecule has 2 aromatic carbocycles. The summed E-state index contributed by atoms with van der Waals surface area (Å²) in [5.74, 6) is 0.660. The van der Waals surface area contributed by atoms with Gasteiger partial charge in [-0.2, -0.15) is 5.10 Å². The molecule has 1 atom stereocenters. The molecule has 4 rings (SSSR count). The number of nitrogens with zero attached hydrogens (tertiary/aromatic N) is 2. The number of carbonyl (C=O) groups excluding carboxylic acids is 1. The van der Waals surface area contributed by atoms with Gasteiger partial charge in [0, 0.05) is 26.7 Å². The molecule has 6 heteroatoms. The van der Waals surface area contributed by atoms with E-state index < -0.39 is 0 Å². The number of anilines is 1. The van der Waals surface area contributed by atoms with Crippen LogP contribution in [-0.2, 0) is 5.41 Å². The summed E-state index contributed by atoms with van der Waals surface area (Å²) in [7, 11) is 1.65. The van der Waals surface area contributed by atoms with E-state index in [0.717, 1.165) is 32.7 Å². The third kappa shape index (κ3) is 2.92. The number of amides is 1. The molecule has 5 nitrogen and oxygen atoms in total. The normalized spacial score (nSPS) is 16.4. The zero-order chi connectivity index (χ0) is 20.1. The standard InChI is InChI=1S/C22H22BrN3O2/c1-22(2,3)20-17-18(24-25-20)21(27)26(14-11-9-13(23)10-12-14)19(17)15-7-5-6-8-16(15)28-4/h5-12,19H,1-4H3,(H,24,25). The van der Waals surface area contributed by atoms with Crippen LogP contribution < -0.4 is 9.64 Å². The molecule has 0 bridgehead atoms. The van der Waals surface area contributed by atoms with Crippen molar-refractivity contribution in [2.75, 3.05) is 12.0 Å². The first-order chi connectivity index (χ1) is 13.3. The van der Waals surface area contributed by atoms with E-state index >= 15 is 0 Å². The number of nitrogens with one attached hydrogen (secondary N) is 1. The van der Waals surface area contributed by atoms with E-state index in [1.165, 1.54) is 0 Å². The van der Waals surface area contributed by atoms with Gasteiger partial charge in [0.15, 0.2) is 0 Å². The second-order valence-corrected chi connectivity index (χ2v) is 8.82. The summed E-state index contributed by atoms with van der Waals surface area (Å²) in [6.07, 6.45) is 0. The van der Waals surface area contributed by atoms with Crippen LogP contribution in [0.25, 0.3) is 0 Å². The van der Waals surface area contributed by atoms with Gasteiger partial charge in [0.25, 0.3) is 5.91 Å². The summed E-state index contributed by atoms with van der Waals surface area (Å²) in [6, 6.07) is 15.3. The molecule has 144 valence electrons. The fourth-order valence-corrected chi connectivity index (χ4v) is 4.04.